The van der Waals surface area contributed by atoms with Gasteiger partial charge in [0.25, 0.3) is 0 Å². The van der Waals surface area contributed by atoms with Crippen LogP contribution in [-0.4, -0.2) is 6.73 Å². The van der Waals surface area contributed by atoms with Gasteiger partial charge in [-0.15, -0.1) is 0 Å². The summed E-state index contributed by atoms with van der Waals surface area (Å²) in [6.45, 7) is 0.468. The number of halogens is 1. The van der Waals surface area contributed by atoms with E-state index in [1.807, 2.05) is 36.4 Å². The first-order chi connectivity index (χ1) is 13.3. The molecule has 5 aromatic rings. The number of para-hydroxylation sites is 1. The van der Waals surface area contributed by atoms with Crippen molar-refractivity contribution < 1.29 is 9.15 Å². The quantitative estimate of drug-likeness (QED) is 0.295. The molecule has 2 heterocycles. The third kappa shape index (κ3) is 2.14. The van der Waals surface area contributed by atoms with Gasteiger partial charge in [-0.05, 0) is 51.6 Å². The van der Waals surface area contributed by atoms with Gasteiger partial charge in [0.15, 0.2) is 6.73 Å². The summed E-state index contributed by atoms with van der Waals surface area (Å²) < 4.78 is 13.1. The van der Waals surface area contributed by atoms with E-state index in [4.69, 9.17) is 9.15 Å². The predicted molar refractivity (Wildman–Crippen MR) is 113 cm³/mol. The lowest BCUT2D eigenvalue weighted by molar-refractivity contribution is 0.324. The molecule has 0 radical (unpaired) electrons. The van der Waals surface area contributed by atoms with Gasteiger partial charge < -0.3 is 14.1 Å². The fourth-order valence-electron chi connectivity index (χ4n) is 3.98. The van der Waals surface area contributed by atoms with E-state index in [1.54, 1.807) is 0 Å². The Kier molecular flexibility index (Phi) is 3.08. The Morgan fingerprint density at radius 1 is 0.778 bits per heavy atom. The van der Waals surface area contributed by atoms with Crippen LogP contribution in [0.1, 0.15) is 0 Å². The largest absolute Gasteiger partial charge is 0.472 e. The molecule has 1 aliphatic heterocycles. The Morgan fingerprint density at radius 2 is 1.63 bits per heavy atom. The first kappa shape index (κ1) is 15.1. The van der Waals surface area contributed by atoms with Gasteiger partial charge in [-0.25, -0.2) is 0 Å². The van der Waals surface area contributed by atoms with Gasteiger partial charge in [0.1, 0.15) is 16.9 Å². The Labute approximate surface area is 163 Å². The zero-order valence-electron chi connectivity index (χ0n) is 14.3. The van der Waals surface area contributed by atoms with Crippen LogP contribution < -0.4 is 9.64 Å². The first-order valence-electron chi connectivity index (χ1n) is 8.82. The summed E-state index contributed by atoms with van der Waals surface area (Å²) in [6.07, 6.45) is 0. The van der Waals surface area contributed by atoms with Gasteiger partial charge in [0.05, 0.1) is 11.4 Å². The van der Waals surface area contributed by atoms with Crippen LogP contribution >= 0.6 is 15.9 Å². The van der Waals surface area contributed by atoms with Crippen molar-refractivity contribution in [1.29, 1.82) is 0 Å². The molecule has 4 heteroatoms. The van der Waals surface area contributed by atoms with Crippen LogP contribution in [0, 0.1) is 0 Å². The number of fused-ring (bicyclic) bond motifs is 3. The molecule has 3 nitrogen and oxygen atoms in total. The molecule has 0 atom stereocenters. The molecule has 130 valence electrons. The van der Waals surface area contributed by atoms with E-state index in [0.717, 1.165) is 48.9 Å². The first-order valence-corrected chi connectivity index (χ1v) is 9.62. The van der Waals surface area contributed by atoms with Crippen LogP contribution in [0.5, 0.6) is 5.75 Å². The van der Waals surface area contributed by atoms with Crippen molar-refractivity contribution in [3.05, 3.63) is 77.3 Å². The smallest absolute Gasteiger partial charge is 0.165 e. The van der Waals surface area contributed by atoms with Crippen LogP contribution in [0.25, 0.3) is 32.7 Å². The lowest BCUT2D eigenvalue weighted by atomic mass is 10.0. The van der Waals surface area contributed by atoms with E-state index in [0.29, 0.717) is 6.73 Å². The lowest BCUT2D eigenvalue weighted by Gasteiger charge is -2.32. The highest BCUT2D eigenvalue weighted by atomic mass is 79.9. The minimum atomic E-state index is 0.468. The van der Waals surface area contributed by atoms with Crippen molar-refractivity contribution in [2.45, 2.75) is 0 Å². The van der Waals surface area contributed by atoms with Crippen LogP contribution in [0.2, 0.25) is 0 Å². The van der Waals surface area contributed by atoms with Crippen molar-refractivity contribution in [3.63, 3.8) is 0 Å². The van der Waals surface area contributed by atoms with E-state index in [-0.39, 0.29) is 0 Å². The molecule has 0 amide bonds. The van der Waals surface area contributed by atoms with Crippen LogP contribution in [0.4, 0.5) is 11.4 Å². The number of nitrogens with zero attached hydrogens (tertiary/aromatic N) is 1. The normalized spacial score (nSPS) is 13.4. The van der Waals surface area contributed by atoms with Crippen LogP contribution in [-0.2, 0) is 0 Å². The topological polar surface area (TPSA) is 25.6 Å². The van der Waals surface area contributed by atoms with Crippen molar-refractivity contribution in [3.8, 4) is 5.75 Å². The lowest BCUT2D eigenvalue weighted by Crippen LogP contribution is -2.26. The van der Waals surface area contributed by atoms with Gasteiger partial charge in [0, 0.05) is 20.6 Å². The second-order valence-electron chi connectivity index (χ2n) is 6.73. The minimum Gasteiger partial charge on any atom is -0.472 e. The third-order valence-electron chi connectivity index (χ3n) is 5.22. The van der Waals surface area contributed by atoms with Crippen LogP contribution in [0.3, 0.4) is 0 Å². The van der Waals surface area contributed by atoms with Crippen molar-refractivity contribution in [1.82, 2.24) is 0 Å². The molecule has 0 aliphatic carbocycles. The summed E-state index contributed by atoms with van der Waals surface area (Å²) in [5, 5.41) is 4.56. The SMILES string of the molecule is Brc1cc2oc3ccccc3c2cc1N1COc2cccc3cccc1c23. The summed E-state index contributed by atoms with van der Waals surface area (Å²) >= 11 is 3.74. The summed E-state index contributed by atoms with van der Waals surface area (Å²) in [7, 11) is 0. The van der Waals surface area contributed by atoms with Crippen molar-refractivity contribution >= 4 is 60.0 Å². The Morgan fingerprint density at radius 3 is 2.56 bits per heavy atom. The Balaban J connectivity index is 1.63. The summed E-state index contributed by atoms with van der Waals surface area (Å²) in [5.41, 5.74) is 4.00. The zero-order chi connectivity index (χ0) is 18.0. The average molecular weight is 416 g/mol. The maximum absolute atomic E-state index is 6.08. The second kappa shape index (κ2) is 5.51. The number of hydrogen-bond acceptors (Lipinski definition) is 3. The summed E-state index contributed by atoms with van der Waals surface area (Å²) in [4.78, 5) is 2.21. The number of benzene rings is 4. The molecule has 0 unspecified atom stereocenters. The second-order valence-corrected chi connectivity index (χ2v) is 7.59. The van der Waals surface area contributed by atoms with E-state index in [1.165, 1.54) is 5.39 Å². The monoisotopic (exact) mass is 415 g/mol. The Hall–Kier alpha value is -2.98. The zero-order valence-corrected chi connectivity index (χ0v) is 15.9. The summed E-state index contributed by atoms with van der Waals surface area (Å²) in [5.74, 6) is 0.935. The molecule has 0 fully saturated rings. The van der Waals surface area contributed by atoms with E-state index in [9.17, 15) is 0 Å². The number of furan rings is 1. The van der Waals surface area contributed by atoms with Gasteiger partial charge in [-0.3, -0.25) is 0 Å². The van der Waals surface area contributed by atoms with Gasteiger partial charge in [-0.1, -0.05) is 42.5 Å². The molecule has 1 aliphatic rings. The van der Waals surface area contributed by atoms with Gasteiger partial charge in [0.2, 0.25) is 0 Å². The molecule has 0 saturated heterocycles. The molecule has 6 rings (SSSR count). The molecular formula is C23H14BrNO2. The average Bonchev–Trinajstić information content (AvgIpc) is 3.05. The number of ether oxygens (including phenoxy) is 1. The van der Waals surface area contributed by atoms with Crippen LogP contribution in [0.15, 0.2) is 81.7 Å². The van der Waals surface area contributed by atoms with E-state index >= 15 is 0 Å². The number of rotatable bonds is 1. The molecular weight excluding hydrogens is 402 g/mol. The number of hydrogen-bond donors (Lipinski definition) is 0. The molecule has 0 N–H and O–H groups in total. The minimum absolute atomic E-state index is 0.468. The van der Waals surface area contributed by atoms with Gasteiger partial charge in [-0.2, -0.15) is 0 Å². The van der Waals surface area contributed by atoms with Crippen molar-refractivity contribution in [2.24, 2.45) is 0 Å². The molecule has 4 aromatic carbocycles. The van der Waals surface area contributed by atoms with E-state index in [2.05, 4.69) is 57.2 Å². The maximum atomic E-state index is 6.08. The fourth-order valence-corrected chi connectivity index (χ4v) is 4.51. The van der Waals surface area contributed by atoms with Gasteiger partial charge >= 0.3 is 0 Å². The number of anilines is 2. The standard InChI is InChI=1S/C23H14BrNO2/c24-17-12-22-16(15-7-1-2-9-20(15)27-22)11-19(17)25-13-26-21-10-4-6-14-5-3-8-18(25)23(14)21/h1-12H,13H2. The predicted octanol–water partition coefficient (Wildman–Crippen LogP) is 6.99. The molecule has 0 spiro atoms. The maximum Gasteiger partial charge on any atom is 0.165 e. The molecule has 1 aromatic heterocycles. The fraction of sp³-hybridized carbons (Fsp3) is 0.0435. The summed E-state index contributed by atoms with van der Waals surface area (Å²) in [6, 6.07) is 24.9. The highest BCUT2D eigenvalue weighted by Gasteiger charge is 2.23. The highest BCUT2D eigenvalue weighted by Crippen LogP contribution is 2.45. The molecule has 27 heavy (non-hydrogen) atoms. The Bertz CT molecular complexity index is 1350. The van der Waals surface area contributed by atoms with Crippen molar-refractivity contribution in [2.75, 3.05) is 11.6 Å². The third-order valence-corrected chi connectivity index (χ3v) is 5.86. The molecule has 0 bridgehead atoms. The molecule has 0 saturated carbocycles. The highest BCUT2D eigenvalue weighted by molar-refractivity contribution is 9.10. The van der Waals surface area contributed by atoms with E-state index < -0.39 is 0 Å².